The molecule has 6 heteroatoms. The van der Waals surface area contributed by atoms with Crippen LogP contribution in [0.3, 0.4) is 0 Å². The number of thioether (sulfide) groups is 1. The standard InChI is InChI=1S/C17H21N3OS2/c21-16(13-22-12-14-5-2-1-3-6-14)19-11-15-7-4-9-20(15)17-18-8-10-23-17/h1-3,5-6,8,10,15H,4,7,9,11-13H2,(H,19,21). The summed E-state index contributed by atoms with van der Waals surface area (Å²) < 4.78 is 0. The summed E-state index contributed by atoms with van der Waals surface area (Å²) in [7, 11) is 0. The first-order valence-electron chi connectivity index (χ1n) is 7.87. The number of carbonyl (C=O) groups excluding carboxylic acids is 1. The molecule has 1 atom stereocenters. The second kappa shape index (κ2) is 8.36. The van der Waals surface area contributed by atoms with Gasteiger partial charge in [0.05, 0.1) is 5.75 Å². The van der Waals surface area contributed by atoms with Crippen LogP contribution in [-0.2, 0) is 10.5 Å². The molecule has 1 aliphatic rings. The fourth-order valence-electron chi connectivity index (χ4n) is 2.78. The van der Waals surface area contributed by atoms with E-state index in [0.717, 1.165) is 23.8 Å². The molecule has 23 heavy (non-hydrogen) atoms. The quantitative estimate of drug-likeness (QED) is 0.836. The molecule has 122 valence electrons. The highest BCUT2D eigenvalue weighted by Crippen LogP contribution is 2.26. The van der Waals surface area contributed by atoms with Crippen molar-refractivity contribution in [1.29, 1.82) is 0 Å². The smallest absolute Gasteiger partial charge is 0.230 e. The summed E-state index contributed by atoms with van der Waals surface area (Å²) in [5.74, 6) is 1.51. The van der Waals surface area contributed by atoms with Crippen LogP contribution in [0, 0.1) is 0 Å². The third-order valence-corrected chi connectivity index (χ3v) is 5.73. The predicted octanol–water partition coefficient (Wildman–Crippen LogP) is 3.16. The van der Waals surface area contributed by atoms with Gasteiger partial charge in [-0.05, 0) is 18.4 Å². The van der Waals surface area contributed by atoms with Crippen LogP contribution in [0.2, 0.25) is 0 Å². The van der Waals surface area contributed by atoms with Crippen LogP contribution in [0.15, 0.2) is 41.9 Å². The van der Waals surface area contributed by atoms with Crippen molar-refractivity contribution in [3.8, 4) is 0 Å². The summed E-state index contributed by atoms with van der Waals surface area (Å²) in [6, 6.07) is 10.6. The van der Waals surface area contributed by atoms with E-state index in [2.05, 4.69) is 27.3 Å². The van der Waals surface area contributed by atoms with Gasteiger partial charge in [-0.15, -0.1) is 23.1 Å². The average Bonchev–Trinajstić information content (AvgIpc) is 3.25. The first kappa shape index (κ1) is 16.3. The Kier molecular flexibility index (Phi) is 5.93. The van der Waals surface area contributed by atoms with E-state index in [1.165, 1.54) is 12.0 Å². The lowest BCUT2D eigenvalue weighted by molar-refractivity contribution is -0.118. The van der Waals surface area contributed by atoms with Gasteiger partial charge in [0, 0.05) is 36.5 Å². The van der Waals surface area contributed by atoms with E-state index >= 15 is 0 Å². The molecule has 2 heterocycles. The highest BCUT2D eigenvalue weighted by molar-refractivity contribution is 7.99. The maximum atomic E-state index is 12.0. The number of anilines is 1. The fourth-order valence-corrected chi connectivity index (χ4v) is 4.33. The Hall–Kier alpha value is -1.53. The fraction of sp³-hybridized carbons (Fsp3) is 0.412. The molecule has 1 fully saturated rings. The molecule has 1 aromatic carbocycles. The molecular formula is C17H21N3OS2. The molecule has 0 bridgehead atoms. The van der Waals surface area contributed by atoms with Crippen molar-refractivity contribution in [2.75, 3.05) is 23.7 Å². The molecule has 1 saturated heterocycles. The van der Waals surface area contributed by atoms with E-state index in [4.69, 9.17) is 0 Å². The maximum absolute atomic E-state index is 12.0. The highest BCUT2D eigenvalue weighted by Gasteiger charge is 2.26. The monoisotopic (exact) mass is 347 g/mol. The lowest BCUT2D eigenvalue weighted by atomic mass is 10.2. The number of nitrogens with one attached hydrogen (secondary N) is 1. The number of carbonyl (C=O) groups is 1. The van der Waals surface area contributed by atoms with Gasteiger partial charge in [0.15, 0.2) is 5.13 Å². The Morgan fingerprint density at radius 1 is 1.39 bits per heavy atom. The van der Waals surface area contributed by atoms with Gasteiger partial charge in [0.2, 0.25) is 5.91 Å². The molecule has 1 aliphatic heterocycles. The number of benzene rings is 1. The normalized spacial score (nSPS) is 17.4. The lowest BCUT2D eigenvalue weighted by Gasteiger charge is -2.24. The number of nitrogens with zero attached hydrogens (tertiary/aromatic N) is 2. The van der Waals surface area contributed by atoms with Crippen LogP contribution in [0.1, 0.15) is 18.4 Å². The molecule has 3 rings (SSSR count). The number of thiazole rings is 1. The van der Waals surface area contributed by atoms with Gasteiger partial charge in [0.25, 0.3) is 0 Å². The van der Waals surface area contributed by atoms with E-state index in [9.17, 15) is 4.79 Å². The maximum Gasteiger partial charge on any atom is 0.230 e. The minimum Gasteiger partial charge on any atom is -0.353 e. The number of hydrogen-bond acceptors (Lipinski definition) is 5. The van der Waals surface area contributed by atoms with Crippen LogP contribution in [0.5, 0.6) is 0 Å². The Balaban J connectivity index is 1.39. The minimum absolute atomic E-state index is 0.122. The summed E-state index contributed by atoms with van der Waals surface area (Å²) in [5, 5.41) is 6.15. The summed E-state index contributed by atoms with van der Waals surface area (Å²) in [6.07, 6.45) is 4.13. The van der Waals surface area contributed by atoms with E-state index in [1.807, 2.05) is 29.8 Å². The molecule has 1 N–H and O–H groups in total. The summed E-state index contributed by atoms with van der Waals surface area (Å²) in [4.78, 5) is 18.7. The van der Waals surface area contributed by atoms with Gasteiger partial charge in [-0.2, -0.15) is 0 Å². The molecule has 1 unspecified atom stereocenters. The van der Waals surface area contributed by atoms with Gasteiger partial charge in [-0.1, -0.05) is 30.3 Å². The van der Waals surface area contributed by atoms with Crippen molar-refractivity contribution < 1.29 is 4.79 Å². The van der Waals surface area contributed by atoms with Gasteiger partial charge in [0.1, 0.15) is 0 Å². The predicted molar refractivity (Wildman–Crippen MR) is 98.1 cm³/mol. The van der Waals surface area contributed by atoms with Crippen molar-refractivity contribution in [3.05, 3.63) is 47.5 Å². The largest absolute Gasteiger partial charge is 0.353 e. The van der Waals surface area contributed by atoms with Crippen molar-refractivity contribution in [2.24, 2.45) is 0 Å². The van der Waals surface area contributed by atoms with Crippen molar-refractivity contribution in [3.63, 3.8) is 0 Å². The second-order valence-electron chi connectivity index (χ2n) is 5.59. The number of aromatic nitrogens is 1. The molecule has 4 nitrogen and oxygen atoms in total. The Labute approximate surface area is 145 Å². The van der Waals surface area contributed by atoms with Crippen LogP contribution in [-0.4, -0.2) is 35.8 Å². The van der Waals surface area contributed by atoms with E-state index in [-0.39, 0.29) is 5.91 Å². The summed E-state index contributed by atoms with van der Waals surface area (Å²) >= 11 is 3.33. The van der Waals surface area contributed by atoms with E-state index < -0.39 is 0 Å². The molecule has 0 aliphatic carbocycles. The Bertz CT molecular complexity index is 604. The zero-order chi connectivity index (χ0) is 15.9. The molecular weight excluding hydrogens is 326 g/mol. The minimum atomic E-state index is 0.122. The molecule has 0 saturated carbocycles. The van der Waals surface area contributed by atoms with Gasteiger partial charge in [-0.25, -0.2) is 4.98 Å². The zero-order valence-corrected chi connectivity index (χ0v) is 14.6. The lowest BCUT2D eigenvalue weighted by Crippen LogP contribution is -2.40. The summed E-state index contributed by atoms with van der Waals surface area (Å²) in [5.41, 5.74) is 1.26. The van der Waals surface area contributed by atoms with Crippen LogP contribution in [0.25, 0.3) is 0 Å². The molecule has 1 aromatic heterocycles. The second-order valence-corrected chi connectivity index (χ2v) is 7.45. The topological polar surface area (TPSA) is 45.2 Å². The van der Waals surface area contributed by atoms with Crippen LogP contribution in [0.4, 0.5) is 5.13 Å². The van der Waals surface area contributed by atoms with E-state index in [1.54, 1.807) is 23.1 Å². The van der Waals surface area contributed by atoms with Crippen LogP contribution < -0.4 is 10.2 Å². The Morgan fingerprint density at radius 2 is 2.26 bits per heavy atom. The SMILES string of the molecule is O=C(CSCc1ccccc1)NCC1CCCN1c1nccs1. The van der Waals surface area contributed by atoms with Crippen molar-refractivity contribution in [1.82, 2.24) is 10.3 Å². The first-order chi connectivity index (χ1) is 11.3. The molecule has 0 spiro atoms. The number of hydrogen-bond donors (Lipinski definition) is 1. The highest BCUT2D eigenvalue weighted by atomic mass is 32.2. The average molecular weight is 348 g/mol. The van der Waals surface area contributed by atoms with Gasteiger partial charge < -0.3 is 10.2 Å². The van der Waals surface area contributed by atoms with Gasteiger partial charge in [-0.3, -0.25) is 4.79 Å². The third-order valence-electron chi connectivity index (χ3n) is 3.92. The summed E-state index contributed by atoms with van der Waals surface area (Å²) in [6.45, 7) is 1.75. The Morgan fingerprint density at radius 3 is 3.04 bits per heavy atom. The van der Waals surface area contributed by atoms with E-state index in [0.29, 0.717) is 18.3 Å². The molecule has 2 aromatic rings. The van der Waals surface area contributed by atoms with Crippen LogP contribution >= 0.6 is 23.1 Å². The number of rotatable bonds is 7. The zero-order valence-electron chi connectivity index (χ0n) is 13.0. The molecule has 1 amide bonds. The third kappa shape index (κ3) is 4.72. The van der Waals surface area contributed by atoms with Crippen molar-refractivity contribution in [2.45, 2.75) is 24.6 Å². The first-order valence-corrected chi connectivity index (χ1v) is 9.91. The molecule has 0 radical (unpaired) electrons. The number of amides is 1. The van der Waals surface area contributed by atoms with Crippen molar-refractivity contribution >= 4 is 34.1 Å². The van der Waals surface area contributed by atoms with Gasteiger partial charge >= 0.3 is 0 Å².